The Balaban J connectivity index is 1.83. The number of hydrogen-bond donors (Lipinski definition) is 1. The van der Waals surface area contributed by atoms with Gasteiger partial charge in [0.2, 0.25) is 5.91 Å². The summed E-state index contributed by atoms with van der Waals surface area (Å²) in [6.45, 7) is 11.2. The lowest BCUT2D eigenvalue weighted by atomic mass is 10.1. The summed E-state index contributed by atoms with van der Waals surface area (Å²) in [5.41, 5.74) is 2.78. The third-order valence-electron chi connectivity index (χ3n) is 6.00. The molecule has 0 radical (unpaired) electrons. The number of amides is 3. The molecule has 0 aliphatic carbocycles. The van der Waals surface area contributed by atoms with Crippen molar-refractivity contribution in [3.05, 3.63) is 89.7 Å². The van der Waals surface area contributed by atoms with Crippen LogP contribution in [0, 0.1) is 0 Å². The largest absolute Gasteiger partial charge is 0.497 e. The van der Waals surface area contributed by atoms with Crippen LogP contribution >= 0.6 is 0 Å². The third kappa shape index (κ3) is 8.41. The number of carbonyl (C=O) groups excluding carboxylic acids is 2. The zero-order chi connectivity index (χ0) is 27.0. The number of nitrogens with one attached hydrogen (secondary N) is 1. The Morgan fingerprint density at radius 1 is 0.946 bits per heavy atom. The number of nitrogens with zero attached hydrogens (tertiary/aromatic N) is 3. The van der Waals surface area contributed by atoms with E-state index < -0.39 is 5.54 Å². The van der Waals surface area contributed by atoms with Crippen molar-refractivity contribution in [1.82, 2.24) is 19.7 Å². The SMILES string of the molecule is COc1cccc(Cn2cccc2CN(Cc2ccccc2)C(=O)CN(C(=O)NC(C)(C)C)C(C)C)c1. The van der Waals surface area contributed by atoms with Gasteiger partial charge in [0.15, 0.2) is 0 Å². The summed E-state index contributed by atoms with van der Waals surface area (Å²) < 4.78 is 7.52. The van der Waals surface area contributed by atoms with Crippen molar-refractivity contribution in [2.45, 2.75) is 65.8 Å². The lowest BCUT2D eigenvalue weighted by Crippen LogP contribution is -2.53. The second-order valence-electron chi connectivity index (χ2n) is 10.6. The molecule has 3 aromatic rings. The average molecular weight is 505 g/mol. The molecule has 198 valence electrons. The maximum absolute atomic E-state index is 13.7. The first kappa shape index (κ1) is 27.8. The van der Waals surface area contributed by atoms with Crippen LogP contribution in [0.4, 0.5) is 4.79 Å². The molecular weight excluding hydrogens is 464 g/mol. The van der Waals surface area contributed by atoms with Gasteiger partial charge in [0.05, 0.1) is 13.7 Å². The highest BCUT2D eigenvalue weighted by atomic mass is 16.5. The topological polar surface area (TPSA) is 66.8 Å². The summed E-state index contributed by atoms with van der Waals surface area (Å²) >= 11 is 0. The highest BCUT2D eigenvalue weighted by Crippen LogP contribution is 2.17. The predicted octanol–water partition coefficient (Wildman–Crippen LogP) is 5.29. The summed E-state index contributed by atoms with van der Waals surface area (Å²) in [5.74, 6) is 0.713. The van der Waals surface area contributed by atoms with Crippen LogP contribution in [0.3, 0.4) is 0 Å². The van der Waals surface area contributed by atoms with Gasteiger partial charge in [-0.25, -0.2) is 4.79 Å². The predicted molar refractivity (Wildman–Crippen MR) is 147 cm³/mol. The van der Waals surface area contributed by atoms with Gasteiger partial charge in [-0.2, -0.15) is 0 Å². The van der Waals surface area contributed by atoms with Crippen molar-refractivity contribution >= 4 is 11.9 Å². The van der Waals surface area contributed by atoms with Gasteiger partial charge in [0.1, 0.15) is 12.3 Å². The number of rotatable bonds is 10. The Bertz CT molecular complexity index is 1160. The van der Waals surface area contributed by atoms with Crippen LogP contribution in [-0.4, -0.2) is 51.5 Å². The molecule has 3 rings (SSSR count). The van der Waals surface area contributed by atoms with E-state index in [1.165, 1.54) is 0 Å². The molecule has 3 amide bonds. The maximum Gasteiger partial charge on any atom is 0.318 e. The van der Waals surface area contributed by atoms with Crippen LogP contribution in [0.25, 0.3) is 0 Å². The average Bonchev–Trinajstić information content (AvgIpc) is 3.27. The number of benzene rings is 2. The number of hydrogen-bond acceptors (Lipinski definition) is 3. The normalized spacial score (nSPS) is 11.3. The molecule has 0 aliphatic heterocycles. The van der Waals surface area contributed by atoms with Gasteiger partial charge in [-0.15, -0.1) is 0 Å². The van der Waals surface area contributed by atoms with Gasteiger partial charge in [-0.05, 0) is 70.0 Å². The Morgan fingerprint density at radius 3 is 2.30 bits per heavy atom. The maximum atomic E-state index is 13.7. The summed E-state index contributed by atoms with van der Waals surface area (Å²) in [6.07, 6.45) is 2.02. The first-order valence-electron chi connectivity index (χ1n) is 12.7. The van der Waals surface area contributed by atoms with E-state index in [-0.39, 0.29) is 24.5 Å². The molecular formula is C30H40N4O3. The Kier molecular flexibility index (Phi) is 9.39. The quantitative estimate of drug-likeness (QED) is 0.408. The minimum absolute atomic E-state index is 0.00298. The molecule has 0 aliphatic rings. The van der Waals surface area contributed by atoms with E-state index in [1.807, 2.05) is 106 Å². The number of ether oxygens (including phenoxy) is 1. The fraction of sp³-hybridized carbons (Fsp3) is 0.400. The van der Waals surface area contributed by atoms with E-state index in [9.17, 15) is 9.59 Å². The number of carbonyl (C=O) groups is 2. The van der Waals surface area contributed by atoms with E-state index in [0.717, 1.165) is 22.6 Å². The molecule has 2 aromatic carbocycles. The molecule has 0 unspecified atom stereocenters. The monoisotopic (exact) mass is 504 g/mol. The van der Waals surface area contributed by atoms with Gasteiger partial charge < -0.3 is 24.4 Å². The third-order valence-corrected chi connectivity index (χ3v) is 6.00. The van der Waals surface area contributed by atoms with Crippen LogP contribution < -0.4 is 10.1 Å². The number of urea groups is 1. The highest BCUT2D eigenvalue weighted by molar-refractivity contribution is 5.84. The summed E-state index contributed by atoms with van der Waals surface area (Å²) in [7, 11) is 1.66. The minimum Gasteiger partial charge on any atom is -0.497 e. The van der Waals surface area contributed by atoms with Crippen LogP contribution in [0.2, 0.25) is 0 Å². The van der Waals surface area contributed by atoms with Crippen molar-refractivity contribution < 1.29 is 14.3 Å². The van der Waals surface area contributed by atoms with Crippen LogP contribution in [-0.2, 0) is 24.4 Å². The lowest BCUT2D eigenvalue weighted by Gasteiger charge is -2.33. The van der Waals surface area contributed by atoms with Crippen molar-refractivity contribution in [2.75, 3.05) is 13.7 Å². The summed E-state index contributed by atoms with van der Waals surface area (Å²) in [6, 6.07) is 21.6. The molecule has 1 heterocycles. The lowest BCUT2D eigenvalue weighted by molar-refractivity contribution is -0.133. The molecule has 0 atom stereocenters. The first-order chi connectivity index (χ1) is 17.6. The molecule has 0 spiro atoms. The summed E-state index contributed by atoms with van der Waals surface area (Å²) in [5, 5.41) is 2.99. The van der Waals surface area contributed by atoms with E-state index >= 15 is 0 Å². The van der Waals surface area contributed by atoms with Crippen molar-refractivity contribution in [2.24, 2.45) is 0 Å². The Hall–Kier alpha value is -3.74. The molecule has 0 saturated heterocycles. The first-order valence-corrected chi connectivity index (χ1v) is 12.7. The van der Waals surface area contributed by atoms with Crippen molar-refractivity contribution in [3.63, 3.8) is 0 Å². The van der Waals surface area contributed by atoms with E-state index in [4.69, 9.17) is 4.74 Å². The van der Waals surface area contributed by atoms with Crippen LogP contribution in [0.15, 0.2) is 72.9 Å². The summed E-state index contributed by atoms with van der Waals surface area (Å²) in [4.78, 5) is 30.1. The van der Waals surface area contributed by atoms with Crippen LogP contribution in [0.1, 0.15) is 51.4 Å². The Morgan fingerprint density at radius 2 is 1.65 bits per heavy atom. The second-order valence-corrected chi connectivity index (χ2v) is 10.6. The van der Waals surface area contributed by atoms with Gasteiger partial charge in [-0.3, -0.25) is 4.79 Å². The zero-order valence-corrected chi connectivity index (χ0v) is 22.9. The minimum atomic E-state index is -0.391. The molecule has 1 aromatic heterocycles. The number of methoxy groups -OCH3 is 1. The standard InChI is InChI=1S/C30H40N4O3/c1-23(2)34(29(36)31-30(3,4)5)22-28(35)33(19-24-12-8-7-9-13-24)21-26-15-11-17-32(26)20-25-14-10-16-27(18-25)37-6/h7-18,23H,19-22H2,1-6H3,(H,31,36). The Labute approximate surface area is 221 Å². The molecule has 1 N–H and O–H groups in total. The molecule has 7 heteroatoms. The van der Waals surface area contributed by atoms with E-state index in [2.05, 4.69) is 16.0 Å². The molecule has 7 nitrogen and oxygen atoms in total. The molecule has 0 saturated carbocycles. The fourth-order valence-electron chi connectivity index (χ4n) is 4.07. The van der Waals surface area contributed by atoms with Gasteiger partial charge in [0.25, 0.3) is 0 Å². The zero-order valence-electron chi connectivity index (χ0n) is 22.9. The molecule has 0 fully saturated rings. The van der Waals surface area contributed by atoms with E-state index in [1.54, 1.807) is 12.0 Å². The highest BCUT2D eigenvalue weighted by Gasteiger charge is 2.26. The van der Waals surface area contributed by atoms with Crippen molar-refractivity contribution in [3.8, 4) is 5.75 Å². The molecule has 37 heavy (non-hydrogen) atoms. The smallest absolute Gasteiger partial charge is 0.318 e. The van der Waals surface area contributed by atoms with Crippen LogP contribution in [0.5, 0.6) is 5.75 Å². The van der Waals surface area contributed by atoms with Gasteiger partial charge in [-0.1, -0.05) is 42.5 Å². The van der Waals surface area contributed by atoms with Gasteiger partial charge in [0, 0.05) is 36.6 Å². The van der Waals surface area contributed by atoms with Crippen molar-refractivity contribution in [1.29, 1.82) is 0 Å². The van der Waals surface area contributed by atoms with E-state index in [0.29, 0.717) is 19.6 Å². The fourth-order valence-corrected chi connectivity index (χ4v) is 4.07. The van der Waals surface area contributed by atoms with Gasteiger partial charge >= 0.3 is 6.03 Å². The molecule has 0 bridgehead atoms. The number of aromatic nitrogens is 1. The second kappa shape index (κ2) is 12.5.